The number of aromatic nitrogens is 1. The number of carbonyl (C=O) groups is 3. The maximum atomic E-state index is 12.7. The number of carbonyl (C=O) groups excluding carboxylic acids is 3. The van der Waals surface area contributed by atoms with Gasteiger partial charge in [-0.15, -0.1) is 0 Å². The van der Waals surface area contributed by atoms with Crippen molar-refractivity contribution in [3.8, 4) is 5.75 Å². The Morgan fingerprint density at radius 1 is 1.13 bits per heavy atom. The van der Waals surface area contributed by atoms with Crippen molar-refractivity contribution in [3.05, 3.63) is 60.3 Å². The molecule has 0 saturated carbocycles. The van der Waals surface area contributed by atoms with Crippen molar-refractivity contribution in [3.63, 3.8) is 0 Å². The zero-order valence-corrected chi connectivity index (χ0v) is 17.4. The summed E-state index contributed by atoms with van der Waals surface area (Å²) in [5, 5.41) is 6.63. The van der Waals surface area contributed by atoms with Crippen molar-refractivity contribution >= 4 is 34.4 Å². The lowest BCUT2D eigenvalue weighted by Crippen LogP contribution is -2.31. The van der Waals surface area contributed by atoms with Crippen LogP contribution in [0, 0.1) is 0 Å². The number of benzene rings is 2. The maximum Gasteiger partial charge on any atom is 0.325 e. The fraction of sp³-hybridized carbons (Fsp3) is 0.261. The number of hydrogen-bond acceptors (Lipinski definition) is 4. The van der Waals surface area contributed by atoms with Crippen LogP contribution in [0.3, 0.4) is 0 Å². The maximum absolute atomic E-state index is 12.7. The molecule has 8 nitrogen and oxygen atoms in total. The third-order valence-electron chi connectivity index (χ3n) is 5.44. The summed E-state index contributed by atoms with van der Waals surface area (Å²) in [4.78, 5) is 38.5. The van der Waals surface area contributed by atoms with Gasteiger partial charge in [0, 0.05) is 30.9 Å². The molecular weight excluding hydrogens is 396 g/mol. The summed E-state index contributed by atoms with van der Waals surface area (Å²) in [7, 11) is 3.52. The van der Waals surface area contributed by atoms with Gasteiger partial charge in [0.1, 0.15) is 11.8 Å². The lowest BCUT2D eigenvalue weighted by Gasteiger charge is -2.13. The van der Waals surface area contributed by atoms with E-state index in [9.17, 15) is 14.4 Å². The van der Waals surface area contributed by atoms with E-state index >= 15 is 0 Å². The second-order valence-electron chi connectivity index (χ2n) is 7.56. The number of methoxy groups -OCH3 is 1. The summed E-state index contributed by atoms with van der Waals surface area (Å²) >= 11 is 0. The Labute approximate surface area is 179 Å². The number of fused-ring (bicyclic) bond motifs is 1. The highest BCUT2D eigenvalue weighted by Crippen LogP contribution is 2.21. The number of rotatable bonds is 7. The molecule has 1 aromatic heterocycles. The summed E-state index contributed by atoms with van der Waals surface area (Å²) in [5.41, 5.74) is 2.53. The minimum atomic E-state index is -0.702. The van der Waals surface area contributed by atoms with E-state index in [2.05, 4.69) is 10.6 Å². The second-order valence-corrected chi connectivity index (χ2v) is 7.56. The summed E-state index contributed by atoms with van der Waals surface area (Å²) in [6.45, 7) is 0.175. The molecule has 31 heavy (non-hydrogen) atoms. The van der Waals surface area contributed by atoms with E-state index in [1.54, 1.807) is 19.2 Å². The normalized spacial score (nSPS) is 15.9. The van der Waals surface area contributed by atoms with Gasteiger partial charge in [-0.3, -0.25) is 14.5 Å². The van der Waals surface area contributed by atoms with Crippen molar-refractivity contribution in [2.45, 2.75) is 25.4 Å². The quantitative estimate of drug-likeness (QED) is 0.575. The molecule has 0 aliphatic carbocycles. The van der Waals surface area contributed by atoms with Crippen LogP contribution in [0.1, 0.15) is 18.4 Å². The molecule has 2 aromatic carbocycles. The lowest BCUT2D eigenvalue weighted by molar-refractivity contribution is -0.128. The number of anilines is 1. The largest absolute Gasteiger partial charge is 0.497 e. The molecule has 1 fully saturated rings. The summed E-state index contributed by atoms with van der Waals surface area (Å²) in [5.74, 6) is 0.180. The smallest absolute Gasteiger partial charge is 0.325 e. The molecule has 1 aliphatic heterocycles. The predicted octanol–water partition coefficient (Wildman–Crippen LogP) is 3.03. The lowest BCUT2D eigenvalue weighted by atomic mass is 10.1. The molecule has 2 N–H and O–H groups in total. The molecule has 1 aliphatic rings. The third-order valence-corrected chi connectivity index (χ3v) is 5.44. The first kappa shape index (κ1) is 20.5. The number of nitrogens with one attached hydrogen (secondary N) is 2. The molecule has 3 aromatic rings. The highest BCUT2D eigenvalue weighted by atomic mass is 16.5. The average molecular weight is 420 g/mol. The van der Waals surface area contributed by atoms with Crippen molar-refractivity contribution in [1.82, 2.24) is 14.8 Å². The molecule has 1 saturated heterocycles. The Morgan fingerprint density at radius 3 is 2.65 bits per heavy atom. The van der Waals surface area contributed by atoms with E-state index in [1.165, 1.54) is 4.90 Å². The third kappa shape index (κ3) is 4.37. The van der Waals surface area contributed by atoms with Gasteiger partial charge in [0.15, 0.2) is 0 Å². The van der Waals surface area contributed by atoms with E-state index in [1.807, 2.05) is 54.2 Å². The topological polar surface area (TPSA) is 92.7 Å². The van der Waals surface area contributed by atoms with Crippen LogP contribution in [0.2, 0.25) is 0 Å². The Balaban J connectivity index is 1.32. The average Bonchev–Trinajstić information content (AvgIpc) is 3.27. The Hall–Kier alpha value is -3.81. The van der Waals surface area contributed by atoms with E-state index in [4.69, 9.17) is 4.74 Å². The fourth-order valence-corrected chi connectivity index (χ4v) is 3.67. The van der Waals surface area contributed by atoms with Gasteiger partial charge in [0.25, 0.3) is 5.91 Å². The molecule has 160 valence electrons. The number of amides is 4. The first-order chi connectivity index (χ1) is 14.9. The monoisotopic (exact) mass is 420 g/mol. The van der Waals surface area contributed by atoms with E-state index in [0.29, 0.717) is 11.4 Å². The molecule has 0 bridgehead atoms. The Morgan fingerprint density at radius 2 is 1.90 bits per heavy atom. The van der Waals surface area contributed by atoms with Gasteiger partial charge in [-0.2, -0.15) is 0 Å². The zero-order valence-electron chi connectivity index (χ0n) is 17.4. The molecule has 4 rings (SSSR count). The van der Waals surface area contributed by atoms with Gasteiger partial charge < -0.3 is 19.9 Å². The summed E-state index contributed by atoms with van der Waals surface area (Å²) < 4.78 is 7.10. The molecule has 1 atom stereocenters. The van der Waals surface area contributed by atoms with Crippen molar-refractivity contribution in [2.75, 3.05) is 12.4 Å². The number of imide groups is 1. The van der Waals surface area contributed by atoms with Gasteiger partial charge in [-0.05, 0) is 47.7 Å². The van der Waals surface area contributed by atoms with Gasteiger partial charge in [0.2, 0.25) is 5.91 Å². The number of ether oxygens (including phenoxy) is 1. The molecule has 4 amide bonds. The van der Waals surface area contributed by atoms with Crippen molar-refractivity contribution in [2.24, 2.45) is 7.05 Å². The number of hydrogen-bond donors (Lipinski definition) is 2. The van der Waals surface area contributed by atoms with Gasteiger partial charge >= 0.3 is 6.03 Å². The van der Waals surface area contributed by atoms with Crippen LogP contribution >= 0.6 is 0 Å². The minimum absolute atomic E-state index is 0.123. The van der Waals surface area contributed by atoms with E-state index in [-0.39, 0.29) is 31.2 Å². The van der Waals surface area contributed by atoms with Crippen LogP contribution in [-0.2, 0) is 23.2 Å². The molecular formula is C23H24N4O4. The minimum Gasteiger partial charge on any atom is -0.497 e. The van der Waals surface area contributed by atoms with E-state index < -0.39 is 12.1 Å². The molecule has 2 heterocycles. The first-order valence-electron chi connectivity index (χ1n) is 10.0. The van der Waals surface area contributed by atoms with Crippen LogP contribution in [0.25, 0.3) is 10.9 Å². The van der Waals surface area contributed by atoms with Crippen molar-refractivity contribution in [1.29, 1.82) is 0 Å². The van der Waals surface area contributed by atoms with Crippen LogP contribution in [-0.4, -0.2) is 40.5 Å². The van der Waals surface area contributed by atoms with Crippen LogP contribution < -0.4 is 15.4 Å². The number of aryl methyl sites for hydroxylation is 1. The fourth-order valence-electron chi connectivity index (χ4n) is 3.67. The van der Waals surface area contributed by atoms with Gasteiger partial charge in [0.05, 0.1) is 13.7 Å². The Kier molecular flexibility index (Phi) is 5.62. The predicted molar refractivity (Wildman–Crippen MR) is 117 cm³/mol. The van der Waals surface area contributed by atoms with Crippen LogP contribution in [0.5, 0.6) is 5.75 Å². The van der Waals surface area contributed by atoms with Gasteiger partial charge in [-0.25, -0.2) is 4.79 Å². The second kappa shape index (κ2) is 8.51. The molecule has 0 unspecified atom stereocenters. The van der Waals surface area contributed by atoms with Crippen LogP contribution in [0.4, 0.5) is 10.5 Å². The zero-order chi connectivity index (χ0) is 22.0. The summed E-state index contributed by atoms with van der Waals surface area (Å²) in [6, 6.07) is 13.7. The molecule has 0 spiro atoms. The molecule has 8 heteroatoms. The molecule has 0 radical (unpaired) electrons. The number of nitrogens with zero attached hydrogens (tertiary/aromatic N) is 2. The van der Waals surface area contributed by atoms with E-state index in [0.717, 1.165) is 16.5 Å². The van der Waals surface area contributed by atoms with Gasteiger partial charge in [-0.1, -0.05) is 18.2 Å². The van der Waals surface area contributed by atoms with Crippen LogP contribution in [0.15, 0.2) is 54.7 Å². The summed E-state index contributed by atoms with van der Waals surface area (Å²) in [6.07, 6.45) is 2.32. The Bertz CT molecular complexity index is 1140. The van der Waals surface area contributed by atoms with Crippen molar-refractivity contribution < 1.29 is 19.1 Å². The SMILES string of the molecule is COc1ccc(CN2C(=O)N[C@@H](CCC(=O)Nc3ccc4ccn(C)c4c3)C2=O)cc1. The highest BCUT2D eigenvalue weighted by molar-refractivity contribution is 6.04. The highest BCUT2D eigenvalue weighted by Gasteiger charge is 2.37. The number of urea groups is 1. The first-order valence-corrected chi connectivity index (χ1v) is 10.0. The standard InChI is InChI=1S/C23H24N4O4/c1-26-12-11-16-5-6-17(13-20(16)26)24-21(28)10-9-19-22(29)27(23(30)25-19)14-15-3-7-18(31-2)8-4-15/h3-8,11-13,19H,9-10,14H2,1-2H3,(H,24,28)(H,25,30)/t19-/m0/s1.